The van der Waals surface area contributed by atoms with E-state index >= 15 is 14.4 Å². The van der Waals surface area contributed by atoms with Gasteiger partial charge in [-0.3, -0.25) is 28.8 Å². The van der Waals surface area contributed by atoms with Crippen LogP contribution in [0.3, 0.4) is 0 Å². The number of hydrogen-bond donors (Lipinski definition) is 8. The van der Waals surface area contributed by atoms with E-state index in [1.54, 1.807) is 91.1 Å². The molecule has 1 aromatic heterocycles. The van der Waals surface area contributed by atoms with Crippen LogP contribution >= 0.6 is 0 Å². The van der Waals surface area contributed by atoms with Crippen LogP contribution in [0.5, 0.6) is 5.75 Å². The Kier molecular flexibility index (Phi) is 19.5. The number of H-pyrrole nitrogens is 1. The molecule has 79 heavy (non-hydrogen) atoms. The van der Waals surface area contributed by atoms with Crippen LogP contribution in [0.15, 0.2) is 151 Å². The van der Waals surface area contributed by atoms with Gasteiger partial charge in [0.25, 0.3) is 0 Å². The normalized spacial score (nSPS) is 21.3. The molecule has 7 atom stereocenters. The summed E-state index contributed by atoms with van der Waals surface area (Å²) in [6.45, 7) is -0.193. The summed E-state index contributed by atoms with van der Waals surface area (Å²) in [4.78, 5) is 120. The van der Waals surface area contributed by atoms with Crippen LogP contribution in [0.25, 0.3) is 10.9 Å². The smallest absolute Gasteiger partial charge is 0.433 e. The number of aromatic amines is 1. The van der Waals surface area contributed by atoms with Crippen LogP contribution in [0.2, 0.25) is 0 Å². The lowest BCUT2D eigenvalue weighted by Gasteiger charge is -2.32. The lowest BCUT2D eigenvalue weighted by Crippen LogP contribution is -2.61. The predicted molar refractivity (Wildman–Crippen MR) is 293 cm³/mol. The largest absolute Gasteiger partial charge is 0.489 e. The van der Waals surface area contributed by atoms with E-state index in [0.717, 1.165) is 21.4 Å². The van der Waals surface area contributed by atoms with E-state index in [0.29, 0.717) is 59.0 Å². The van der Waals surface area contributed by atoms with E-state index in [1.807, 2.05) is 54.6 Å². The van der Waals surface area contributed by atoms with Crippen molar-refractivity contribution in [2.75, 3.05) is 26.2 Å². The van der Waals surface area contributed by atoms with Crippen molar-refractivity contribution in [3.63, 3.8) is 0 Å². The minimum Gasteiger partial charge on any atom is -0.489 e. The Bertz CT molecular complexity index is 3060. The number of amides is 7. The van der Waals surface area contributed by atoms with Gasteiger partial charge in [-0.25, -0.2) is 4.79 Å². The number of hydrogen-bond acceptors (Lipinski definition) is 13. The maximum Gasteiger partial charge on any atom is 0.433 e. The van der Waals surface area contributed by atoms with Gasteiger partial charge in [0.15, 0.2) is 0 Å². The van der Waals surface area contributed by atoms with Crippen LogP contribution in [0.1, 0.15) is 59.5 Å². The van der Waals surface area contributed by atoms with E-state index in [9.17, 15) is 24.1 Å². The average Bonchev–Trinajstić information content (AvgIpc) is 4.17. The van der Waals surface area contributed by atoms with Crippen molar-refractivity contribution >= 4 is 52.4 Å². The Labute approximate surface area is 456 Å². The minimum absolute atomic E-state index is 0.0676. The number of ether oxygens (including phenoxy) is 2. The van der Waals surface area contributed by atoms with Gasteiger partial charge in [0.05, 0.1) is 18.4 Å². The number of carbonyl (C=O) groups excluding carboxylic acids is 7. The highest BCUT2D eigenvalue weighted by atomic mass is 16.6. The summed E-state index contributed by atoms with van der Waals surface area (Å²) in [5, 5.41) is 18.3. The van der Waals surface area contributed by atoms with Gasteiger partial charge in [-0.2, -0.15) is 5.01 Å². The van der Waals surface area contributed by atoms with Crippen molar-refractivity contribution in [2.45, 2.75) is 93.9 Å². The van der Waals surface area contributed by atoms with E-state index in [4.69, 9.17) is 20.9 Å². The van der Waals surface area contributed by atoms with Crippen molar-refractivity contribution in [1.29, 1.82) is 0 Å². The van der Waals surface area contributed by atoms with Gasteiger partial charge in [-0.05, 0) is 71.8 Å². The zero-order valence-corrected chi connectivity index (χ0v) is 43.5. The second-order valence-corrected chi connectivity index (χ2v) is 19.5. The Morgan fingerprint density at radius 3 is 1.87 bits per heavy atom. The summed E-state index contributed by atoms with van der Waals surface area (Å²) in [6.07, 6.45) is -0.228. The van der Waals surface area contributed by atoms with E-state index < -0.39 is 90.4 Å². The molecule has 2 aliphatic heterocycles. The summed E-state index contributed by atoms with van der Waals surface area (Å²) in [7, 11) is 0. The Balaban J connectivity index is 1.20. The van der Waals surface area contributed by atoms with Gasteiger partial charge in [-0.1, -0.05) is 121 Å². The minimum atomic E-state index is -1.47. The SMILES string of the molecule is NCCCC[C@@H]1NC(=O)[C@@H](Cc2c[nH]c3ccccc23)NC(=O)[C@H](c2ccccc2)NC(=O)[C@@H]2C[C@@H](OC(=O)N(CCN)N=O)CN2C(=O)[C@H](Cc2ccccc2)NC(=O)[C@H](Cc2ccc(OCc3ccccc3)cc2)NC1=O. The lowest BCUT2D eigenvalue weighted by molar-refractivity contribution is -0.143. The number of nitrogens with one attached hydrogen (secondary N) is 6. The molecule has 0 radical (unpaired) electrons. The molecule has 0 unspecified atom stereocenters. The molecule has 6 aromatic rings. The first-order chi connectivity index (χ1) is 38.4. The second kappa shape index (κ2) is 27.4. The highest BCUT2D eigenvalue weighted by Crippen LogP contribution is 2.27. The second-order valence-electron chi connectivity index (χ2n) is 19.5. The molecular weight excluding hydrogens is 1010 g/mol. The van der Waals surface area contributed by atoms with Crippen LogP contribution in [0.4, 0.5) is 4.79 Å². The van der Waals surface area contributed by atoms with Crippen LogP contribution in [-0.2, 0) is 59.4 Å². The molecule has 21 heteroatoms. The number of nitrogens with zero attached hydrogens (tertiary/aromatic N) is 3. The van der Waals surface area contributed by atoms with Gasteiger partial charge in [0.1, 0.15) is 54.7 Å². The van der Waals surface area contributed by atoms with Gasteiger partial charge in [-0.15, -0.1) is 4.91 Å². The summed E-state index contributed by atoms with van der Waals surface area (Å²) >= 11 is 0. The molecule has 412 valence electrons. The molecule has 2 aliphatic rings. The number of unbranched alkanes of at least 4 members (excludes halogenated alkanes) is 1. The topological polar surface area (TPSA) is 302 Å². The molecule has 0 bridgehead atoms. The van der Waals surface area contributed by atoms with Crippen molar-refractivity contribution in [2.24, 2.45) is 16.8 Å². The van der Waals surface area contributed by atoms with Gasteiger partial charge >= 0.3 is 6.09 Å². The van der Waals surface area contributed by atoms with Crippen LogP contribution in [-0.4, -0.2) is 119 Å². The average molecular weight is 1080 g/mol. The fraction of sp³-hybridized carbons (Fsp3) is 0.328. The molecule has 0 saturated carbocycles. The third-order valence-electron chi connectivity index (χ3n) is 13.9. The number of rotatable bonds is 18. The first-order valence-electron chi connectivity index (χ1n) is 26.3. The van der Waals surface area contributed by atoms with E-state index in [-0.39, 0.29) is 45.2 Å². The first-order valence-corrected chi connectivity index (χ1v) is 26.3. The van der Waals surface area contributed by atoms with Gasteiger partial charge in [0.2, 0.25) is 35.4 Å². The highest BCUT2D eigenvalue weighted by Gasteiger charge is 2.46. The number of nitrogens with two attached hydrogens (primary N) is 2. The molecular formula is C58H65N11O10. The molecule has 21 nitrogen and oxygen atoms in total. The Hall–Kier alpha value is -8.95. The maximum atomic E-state index is 15.4. The van der Waals surface area contributed by atoms with Crippen molar-refractivity contribution < 1.29 is 43.0 Å². The molecule has 10 N–H and O–H groups in total. The van der Waals surface area contributed by atoms with Gasteiger partial charge in [0, 0.05) is 49.3 Å². The molecule has 5 aromatic carbocycles. The van der Waals surface area contributed by atoms with Crippen LogP contribution in [0, 0.1) is 4.91 Å². The standard InChI is InChI=1S/C58H65N11O10/c59-27-13-12-22-46-52(70)63-47(30-38-23-25-42(26-24-38)78-36-39-16-6-2-7-17-39)53(71)65-49(31-37-14-4-1-5-15-37)57(75)68-35-43(79-58(76)69(67-77)29-28-60)33-50(68)55(73)66-51(40-18-8-3-9-19-40)56(74)64-48(54(72)62-46)32-41-34-61-45-21-11-10-20-44(41)45/h1-11,14-21,23-26,34,43,46-51,61H,12-13,22,27-33,35-36,59-60H2,(H,62,72)(H,63,70)(H,64,74)(H,65,71)(H,66,73)/t43-,46+,47+,48-,49+,50+,51+/m1/s1. The number of carbonyl (C=O) groups is 7. The zero-order valence-electron chi connectivity index (χ0n) is 43.5. The Morgan fingerprint density at radius 1 is 0.608 bits per heavy atom. The number of nitroso groups, excluding NO2 is 1. The summed E-state index contributed by atoms with van der Waals surface area (Å²) < 4.78 is 11.7. The highest BCUT2D eigenvalue weighted by molar-refractivity contribution is 5.99. The van der Waals surface area contributed by atoms with Crippen molar-refractivity contribution in [3.05, 3.63) is 178 Å². The summed E-state index contributed by atoms with van der Waals surface area (Å²) in [5.74, 6) is -4.07. The van der Waals surface area contributed by atoms with Crippen molar-refractivity contribution in [1.82, 2.24) is 41.5 Å². The van der Waals surface area contributed by atoms with Crippen molar-refractivity contribution in [3.8, 4) is 5.75 Å². The third kappa shape index (κ3) is 15.0. The third-order valence-corrected chi connectivity index (χ3v) is 13.9. The molecule has 3 heterocycles. The molecule has 7 amide bonds. The van der Waals surface area contributed by atoms with E-state index in [1.165, 1.54) is 0 Å². The quantitative estimate of drug-likeness (QED) is 0.0347. The monoisotopic (exact) mass is 1080 g/mol. The zero-order chi connectivity index (χ0) is 55.7. The fourth-order valence-corrected chi connectivity index (χ4v) is 9.77. The van der Waals surface area contributed by atoms with Crippen LogP contribution < -0.4 is 42.8 Å². The number of aromatic nitrogens is 1. The first kappa shape index (κ1) is 56.3. The van der Waals surface area contributed by atoms with E-state index in [2.05, 4.69) is 36.9 Å². The summed E-state index contributed by atoms with van der Waals surface area (Å²) in [5.41, 5.74) is 15.5. The molecule has 0 aliphatic carbocycles. The van der Waals surface area contributed by atoms with Gasteiger partial charge < -0.3 is 57.4 Å². The molecule has 8 rings (SSSR count). The summed E-state index contributed by atoms with van der Waals surface area (Å²) in [6, 6.07) is 32.8. The Morgan fingerprint density at radius 2 is 1.19 bits per heavy atom. The molecule has 2 fully saturated rings. The lowest BCUT2D eigenvalue weighted by atomic mass is 9.99. The molecule has 2 saturated heterocycles. The molecule has 0 spiro atoms. The predicted octanol–water partition coefficient (Wildman–Crippen LogP) is 3.76. The number of para-hydroxylation sites is 1. The fourth-order valence-electron chi connectivity index (χ4n) is 9.77. The number of fused-ring (bicyclic) bond motifs is 2. The number of benzene rings is 5. The maximum absolute atomic E-state index is 15.4.